The molecule has 2 unspecified atom stereocenters. The number of aliphatic hydroxyl groups excluding tert-OH is 1. The molecule has 0 aromatic heterocycles. The molecule has 0 aliphatic carbocycles. The molecule has 2 heterocycles. The van der Waals surface area contributed by atoms with Crippen LogP contribution in [0.4, 0.5) is 0 Å². The summed E-state index contributed by atoms with van der Waals surface area (Å²) in [4.78, 5) is 0. The molecule has 0 bridgehead atoms. The maximum Gasteiger partial charge on any atom is 0.139 e. The van der Waals surface area contributed by atoms with Gasteiger partial charge < -0.3 is 14.6 Å². The third-order valence-electron chi connectivity index (χ3n) is 3.08. The average molecular weight is 198 g/mol. The Hall–Kier alpha value is -0.540. The van der Waals surface area contributed by atoms with Gasteiger partial charge in [-0.05, 0) is 32.3 Å². The van der Waals surface area contributed by atoms with E-state index in [1.54, 1.807) is 0 Å². The molecule has 0 aromatic carbocycles. The van der Waals surface area contributed by atoms with E-state index in [1.165, 1.54) is 0 Å². The molecule has 14 heavy (non-hydrogen) atoms. The number of hydrogen-bond acceptors (Lipinski definition) is 3. The van der Waals surface area contributed by atoms with Crippen LogP contribution in [0, 0.1) is 0 Å². The van der Waals surface area contributed by atoms with Crippen molar-refractivity contribution in [3.05, 3.63) is 11.8 Å². The summed E-state index contributed by atoms with van der Waals surface area (Å²) >= 11 is 0. The molecular formula is C11H18O3. The molecule has 3 heteroatoms. The highest BCUT2D eigenvalue weighted by Gasteiger charge is 2.39. The molecule has 2 atom stereocenters. The monoisotopic (exact) mass is 198 g/mol. The van der Waals surface area contributed by atoms with Crippen molar-refractivity contribution in [1.29, 1.82) is 0 Å². The molecule has 0 radical (unpaired) electrons. The Labute approximate surface area is 84.7 Å². The fourth-order valence-corrected chi connectivity index (χ4v) is 2.10. The van der Waals surface area contributed by atoms with Crippen LogP contribution in [0.3, 0.4) is 0 Å². The van der Waals surface area contributed by atoms with E-state index >= 15 is 0 Å². The Morgan fingerprint density at radius 2 is 2.29 bits per heavy atom. The summed E-state index contributed by atoms with van der Waals surface area (Å²) in [5.41, 5.74) is -0.436. The second kappa shape index (κ2) is 3.91. The molecule has 1 saturated heterocycles. The Bertz CT molecular complexity index is 229. The zero-order valence-electron chi connectivity index (χ0n) is 8.66. The first-order valence-corrected chi connectivity index (χ1v) is 5.37. The second-order valence-electron chi connectivity index (χ2n) is 4.26. The topological polar surface area (TPSA) is 38.7 Å². The Morgan fingerprint density at radius 3 is 2.86 bits per heavy atom. The van der Waals surface area contributed by atoms with Crippen LogP contribution in [0.2, 0.25) is 0 Å². The number of rotatable bonds is 2. The van der Waals surface area contributed by atoms with Gasteiger partial charge in [-0.1, -0.05) is 0 Å². The summed E-state index contributed by atoms with van der Waals surface area (Å²) in [7, 11) is 0. The Morgan fingerprint density at radius 1 is 1.43 bits per heavy atom. The van der Waals surface area contributed by atoms with E-state index in [-0.39, 0.29) is 0 Å². The van der Waals surface area contributed by atoms with E-state index in [0.29, 0.717) is 12.4 Å². The largest absolute Gasteiger partial charge is 0.495 e. The van der Waals surface area contributed by atoms with E-state index in [0.717, 1.165) is 32.3 Å². The third kappa shape index (κ3) is 1.79. The van der Waals surface area contributed by atoms with Crippen molar-refractivity contribution in [2.45, 2.75) is 44.3 Å². The quantitative estimate of drug-likeness (QED) is 0.732. The molecule has 0 aromatic rings. The highest BCUT2D eigenvalue weighted by atomic mass is 16.5. The first-order chi connectivity index (χ1) is 6.72. The smallest absolute Gasteiger partial charge is 0.139 e. The molecular weight excluding hydrogens is 180 g/mol. The van der Waals surface area contributed by atoms with E-state index in [4.69, 9.17) is 9.47 Å². The molecule has 1 N–H and O–H groups in total. The first kappa shape index (κ1) is 9.99. The zero-order chi connectivity index (χ0) is 10.0. The summed E-state index contributed by atoms with van der Waals surface area (Å²) in [5, 5.41) is 10.1. The van der Waals surface area contributed by atoms with Crippen LogP contribution in [0.5, 0.6) is 0 Å². The third-order valence-corrected chi connectivity index (χ3v) is 3.08. The molecule has 3 nitrogen and oxygen atoms in total. The molecule has 0 amide bonds. The highest BCUT2D eigenvalue weighted by Crippen LogP contribution is 2.32. The molecule has 2 aliphatic rings. The standard InChI is InChI=1S/C11H18O3/c1-11(6-2-3-8-14-11)10(12)9-5-4-7-13-9/h5,10,12H,2-4,6-8H2,1H3. The van der Waals surface area contributed by atoms with Crippen molar-refractivity contribution in [1.82, 2.24) is 0 Å². The van der Waals surface area contributed by atoms with Crippen LogP contribution in [0.25, 0.3) is 0 Å². The van der Waals surface area contributed by atoms with E-state index in [9.17, 15) is 5.11 Å². The number of hydrogen-bond donors (Lipinski definition) is 1. The Balaban J connectivity index is 2.04. The lowest BCUT2D eigenvalue weighted by Gasteiger charge is -2.37. The molecule has 0 spiro atoms. The molecule has 2 aliphatic heterocycles. The van der Waals surface area contributed by atoms with Crippen molar-refractivity contribution in [3.8, 4) is 0 Å². The lowest BCUT2D eigenvalue weighted by Crippen LogP contribution is -2.45. The van der Waals surface area contributed by atoms with Crippen LogP contribution in [0.15, 0.2) is 11.8 Å². The minimum absolute atomic E-state index is 0.436. The van der Waals surface area contributed by atoms with Gasteiger partial charge in [0.25, 0.3) is 0 Å². The minimum atomic E-state index is -0.592. The van der Waals surface area contributed by atoms with Gasteiger partial charge in [0, 0.05) is 13.0 Å². The summed E-state index contributed by atoms with van der Waals surface area (Å²) in [6.07, 6.45) is 5.42. The fraction of sp³-hybridized carbons (Fsp3) is 0.818. The summed E-state index contributed by atoms with van der Waals surface area (Å²) in [6, 6.07) is 0. The van der Waals surface area contributed by atoms with Crippen LogP contribution < -0.4 is 0 Å². The van der Waals surface area contributed by atoms with Gasteiger partial charge in [-0.3, -0.25) is 0 Å². The Kier molecular flexibility index (Phi) is 2.79. The van der Waals surface area contributed by atoms with Crippen LogP contribution in [-0.2, 0) is 9.47 Å². The van der Waals surface area contributed by atoms with E-state index in [2.05, 4.69) is 0 Å². The number of aliphatic hydroxyl groups is 1. The minimum Gasteiger partial charge on any atom is -0.495 e. The summed E-state index contributed by atoms with van der Waals surface area (Å²) in [6.45, 7) is 3.42. The van der Waals surface area contributed by atoms with Crippen molar-refractivity contribution in [2.75, 3.05) is 13.2 Å². The van der Waals surface area contributed by atoms with E-state index < -0.39 is 11.7 Å². The van der Waals surface area contributed by atoms with Gasteiger partial charge in [-0.15, -0.1) is 0 Å². The molecule has 0 saturated carbocycles. The highest BCUT2D eigenvalue weighted by molar-refractivity contribution is 5.10. The summed E-state index contributed by atoms with van der Waals surface area (Å²) in [5.74, 6) is 0.703. The fourth-order valence-electron chi connectivity index (χ4n) is 2.10. The van der Waals surface area contributed by atoms with E-state index in [1.807, 2.05) is 13.0 Å². The summed E-state index contributed by atoms with van der Waals surface area (Å²) < 4.78 is 11.0. The SMILES string of the molecule is CC1(C(O)C2=CCCO2)CCCCO1. The lowest BCUT2D eigenvalue weighted by molar-refractivity contribution is -0.134. The van der Waals surface area contributed by atoms with Crippen molar-refractivity contribution in [3.63, 3.8) is 0 Å². The molecule has 80 valence electrons. The molecule has 2 rings (SSSR count). The van der Waals surface area contributed by atoms with Crippen molar-refractivity contribution in [2.24, 2.45) is 0 Å². The van der Waals surface area contributed by atoms with Crippen LogP contribution in [0.1, 0.15) is 32.6 Å². The van der Waals surface area contributed by atoms with Gasteiger partial charge in [0.05, 0.1) is 12.2 Å². The zero-order valence-corrected chi connectivity index (χ0v) is 8.66. The van der Waals surface area contributed by atoms with Gasteiger partial charge >= 0.3 is 0 Å². The van der Waals surface area contributed by atoms with Gasteiger partial charge in [0.2, 0.25) is 0 Å². The molecule has 1 fully saturated rings. The van der Waals surface area contributed by atoms with Crippen molar-refractivity contribution >= 4 is 0 Å². The average Bonchev–Trinajstić information content (AvgIpc) is 2.70. The maximum absolute atomic E-state index is 10.1. The number of ether oxygens (including phenoxy) is 2. The maximum atomic E-state index is 10.1. The van der Waals surface area contributed by atoms with Crippen LogP contribution in [-0.4, -0.2) is 30.0 Å². The normalized spacial score (nSPS) is 34.9. The van der Waals surface area contributed by atoms with Gasteiger partial charge in [0.1, 0.15) is 11.9 Å². The predicted octanol–water partition coefficient (Wildman–Crippen LogP) is 1.61. The predicted molar refractivity (Wildman–Crippen MR) is 52.9 cm³/mol. The van der Waals surface area contributed by atoms with Crippen LogP contribution >= 0.6 is 0 Å². The van der Waals surface area contributed by atoms with Crippen molar-refractivity contribution < 1.29 is 14.6 Å². The van der Waals surface area contributed by atoms with Gasteiger partial charge in [0.15, 0.2) is 0 Å². The van der Waals surface area contributed by atoms with Gasteiger partial charge in [-0.2, -0.15) is 0 Å². The lowest BCUT2D eigenvalue weighted by atomic mass is 9.89. The van der Waals surface area contributed by atoms with Gasteiger partial charge in [-0.25, -0.2) is 0 Å². The first-order valence-electron chi connectivity index (χ1n) is 5.37. The second-order valence-corrected chi connectivity index (χ2v) is 4.26.